The van der Waals surface area contributed by atoms with Crippen LogP contribution in [0.15, 0.2) is 22.7 Å². The van der Waals surface area contributed by atoms with Gasteiger partial charge in [-0.2, -0.15) is 0 Å². The maximum Gasteiger partial charge on any atom is 0.313 e. The van der Waals surface area contributed by atoms with Crippen molar-refractivity contribution in [2.24, 2.45) is 5.92 Å². The minimum Gasteiger partial charge on any atom is -0.469 e. The van der Waals surface area contributed by atoms with Crippen molar-refractivity contribution in [3.8, 4) is 0 Å². The zero-order valence-electron chi connectivity index (χ0n) is 10.3. The van der Waals surface area contributed by atoms with E-state index in [0.717, 1.165) is 22.9 Å². The van der Waals surface area contributed by atoms with Crippen molar-refractivity contribution < 1.29 is 9.53 Å². The van der Waals surface area contributed by atoms with E-state index in [9.17, 15) is 4.79 Å². The molecule has 0 aliphatic heterocycles. The predicted molar refractivity (Wildman–Crippen MR) is 75.9 cm³/mol. The molecule has 0 N–H and O–H groups in total. The molecule has 0 radical (unpaired) electrons. The lowest BCUT2D eigenvalue weighted by Gasteiger charge is -2.22. The molecule has 1 atom stereocenters. The first kappa shape index (κ1) is 13.9. The number of ether oxygens (including phenoxy) is 1. The maximum atomic E-state index is 12.0. The summed E-state index contributed by atoms with van der Waals surface area (Å²) in [7, 11) is 1.44. The molecule has 1 aliphatic carbocycles. The highest BCUT2D eigenvalue weighted by molar-refractivity contribution is 9.10. The van der Waals surface area contributed by atoms with E-state index in [0.29, 0.717) is 10.9 Å². The Labute approximate surface area is 121 Å². The van der Waals surface area contributed by atoms with Crippen LogP contribution < -0.4 is 0 Å². The van der Waals surface area contributed by atoms with E-state index in [1.54, 1.807) is 0 Å². The van der Waals surface area contributed by atoms with E-state index < -0.39 is 0 Å². The topological polar surface area (TPSA) is 26.3 Å². The number of carbonyl (C=O) groups excluding carboxylic acids is 1. The Bertz CT molecular complexity index is 441. The van der Waals surface area contributed by atoms with Crippen LogP contribution >= 0.6 is 27.5 Å². The summed E-state index contributed by atoms with van der Waals surface area (Å²) in [5, 5.41) is 0.631. The molecule has 2 nitrogen and oxygen atoms in total. The van der Waals surface area contributed by atoms with E-state index >= 15 is 0 Å². The minimum absolute atomic E-state index is 0.175. The number of methoxy groups -OCH3 is 1. The third-order valence-corrected chi connectivity index (χ3v) is 4.44. The summed E-state index contributed by atoms with van der Waals surface area (Å²) in [6.45, 7) is 0. The van der Waals surface area contributed by atoms with Crippen molar-refractivity contribution in [1.82, 2.24) is 0 Å². The molecule has 1 saturated carbocycles. The maximum absolute atomic E-state index is 12.0. The van der Waals surface area contributed by atoms with Crippen LogP contribution in [-0.4, -0.2) is 13.1 Å². The lowest BCUT2D eigenvalue weighted by molar-refractivity contribution is -0.143. The van der Waals surface area contributed by atoms with Crippen LogP contribution in [0.4, 0.5) is 0 Å². The second-order valence-electron chi connectivity index (χ2n) is 4.71. The number of halogens is 2. The average molecular weight is 332 g/mol. The first-order chi connectivity index (χ1) is 8.63. The van der Waals surface area contributed by atoms with Gasteiger partial charge in [-0.1, -0.05) is 46.4 Å². The SMILES string of the molecule is COC(=O)C(c1ccc(Br)cc1Cl)C1CCCC1. The van der Waals surface area contributed by atoms with Crippen LogP contribution in [0.2, 0.25) is 5.02 Å². The largest absolute Gasteiger partial charge is 0.469 e. The number of hydrogen-bond donors (Lipinski definition) is 0. The molecule has 18 heavy (non-hydrogen) atoms. The van der Waals surface area contributed by atoms with E-state index in [-0.39, 0.29) is 11.9 Å². The summed E-state index contributed by atoms with van der Waals surface area (Å²) in [5.41, 5.74) is 0.888. The second-order valence-corrected chi connectivity index (χ2v) is 6.03. The highest BCUT2D eigenvalue weighted by Crippen LogP contribution is 2.40. The Morgan fingerprint density at radius 2 is 2.11 bits per heavy atom. The minimum atomic E-state index is -0.224. The van der Waals surface area contributed by atoms with Crippen LogP contribution in [0.5, 0.6) is 0 Å². The molecule has 4 heteroatoms. The fourth-order valence-electron chi connectivity index (χ4n) is 2.74. The fraction of sp³-hybridized carbons (Fsp3) is 0.500. The Morgan fingerprint density at radius 3 is 2.67 bits per heavy atom. The number of esters is 1. The lowest BCUT2D eigenvalue weighted by Crippen LogP contribution is -2.21. The number of benzene rings is 1. The standard InChI is InChI=1S/C14H16BrClO2/c1-18-14(17)13(9-4-2-3-5-9)11-7-6-10(15)8-12(11)16/h6-9,13H,2-5H2,1H3. The quantitative estimate of drug-likeness (QED) is 0.760. The van der Waals surface area contributed by atoms with Gasteiger partial charge in [0, 0.05) is 9.50 Å². The number of carbonyl (C=O) groups is 1. The molecule has 0 heterocycles. The molecular weight excluding hydrogens is 316 g/mol. The molecule has 1 aromatic carbocycles. The smallest absolute Gasteiger partial charge is 0.313 e. The Morgan fingerprint density at radius 1 is 1.44 bits per heavy atom. The summed E-state index contributed by atoms with van der Waals surface area (Å²) in [5.74, 6) is -0.0413. The van der Waals surface area contributed by atoms with Crippen LogP contribution in [0.25, 0.3) is 0 Å². The van der Waals surface area contributed by atoms with E-state index in [1.165, 1.54) is 20.0 Å². The third-order valence-electron chi connectivity index (χ3n) is 3.62. The molecule has 0 saturated heterocycles. The first-order valence-corrected chi connectivity index (χ1v) is 7.33. The summed E-state index contributed by atoms with van der Waals surface area (Å²) in [4.78, 5) is 12.0. The second kappa shape index (κ2) is 6.07. The van der Waals surface area contributed by atoms with E-state index in [1.807, 2.05) is 18.2 Å². The Balaban J connectivity index is 2.35. The number of hydrogen-bond acceptors (Lipinski definition) is 2. The predicted octanol–water partition coefficient (Wildman–Crippen LogP) is 4.55. The summed E-state index contributed by atoms with van der Waals surface area (Å²) in [6.07, 6.45) is 4.52. The van der Waals surface area contributed by atoms with E-state index in [2.05, 4.69) is 15.9 Å². The highest BCUT2D eigenvalue weighted by atomic mass is 79.9. The monoisotopic (exact) mass is 330 g/mol. The van der Waals surface area contributed by atoms with Gasteiger partial charge in [0.15, 0.2) is 0 Å². The summed E-state index contributed by atoms with van der Waals surface area (Å²) < 4.78 is 5.88. The molecular formula is C14H16BrClO2. The van der Waals surface area contributed by atoms with Crippen molar-refractivity contribution in [3.05, 3.63) is 33.3 Å². The van der Waals surface area contributed by atoms with Gasteiger partial charge in [-0.15, -0.1) is 0 Å². The molecule has 1 aliphatic rings. The van der Waals surface area contributed by atoms with Crippen LogP contribution in [0.3, 0.4) is 0 Å². The molecule has 0 bridgehead atoms. The normalized spacial score (nSPS) is 17.7. The van der Waals surface area contributed by atoms with Gasteiger partial charge in [0.2, 0.25) is 0 Å². The van der Waals surface area contributed by atoms with Gasteiger partial charge in [0.1, 0.15) is 0 Å². The van der Waals surface area contributed by atoms with Gasteiger partial charge in [-0.05, 0) is 36.5 Å². The molecule has 1 fully saturated rings. The van der Waals surface area contributed by atoms with E-state index in [4.69, 9.17) is 16.3 Å². The van der Waals surface area contributed by atoms with Gasteiger partial charge in [-0.3, -0.25) is 4.79 Å². The van der Waals surface area contributed by atoms with Gasteiger partial charge < -0.3 is 4.74 Å². The molecule has 0 amide bonds. The molecule has 0 aromatic heterocycles. The lowest BCUT2D eigenvalue weighted by atomic mass is 9.85. The number of rotatable bonds is 3. The molecule has 2 rings (SSSR count). The zero-order valence-corrected chi connectivity index (χ0v) is 12.6. The van der Waals surface area contributed by atoms with Crippen LogP contribution in [0, 0.1) is 5.92 Å². The van der Waals surface area contributed by atoms with Gasteiger partial charge >= 0.3 is 5.97 Å². The van der Waals surface area contributed by atoms with Crippen LogP contribution in [-0.2, 0) is 9.53 Å². The zero-order chi connectivity index (χ0) is 13.1. The Hall–Kier alpha value is -0.540. The average Bonchev–Trinajstić information content (AvgIpc) is 2.85. The summed E-state index contributed by atoms with van der Waals surface area (Å²) in [6, 6.07) is 5.68. The van der Waals surface area contributed by atoms with Crippen molar-refractivity contribution >= 4 is 33.5 Å². The van der Waals surface area contributed by atoms with Crippen molar-refractivity contribution in [3.63, 3.8) is 0 Å². The Kier molecular flexibility index (Phi) is 4.68. The van der Waals surface area contributed by atoms with Gasteiger partial charge in [0.05, 0.1) is 13.0 Å². The fourth-order valence-corrected chi connectivity index (χ4v) is 3.54. The van der Waals surface area contributed by atoms with Gasteiger partial charge in [0.25, 0.3) is 0 Å². The van der Waals surface area contributed by atoms with Crippen molar-refractivity contribution in [2.75, 3.05) is 7.11 Å². The van der Waals surface area contributed by atoms with Crippen LogP contribution in [0.1, 0.15) is 37.2 Å². The molecule has 1 aromatic rings. The van der Waals surface area contributed by atoms with Crippen molar-refractivity contribution in [2.45, 2.75) is 31.6 Å². The molecule has 0 spiro atoms. The first-order valence-electron chi connectivity index (χ1n) is 6.16. The van der Waals surface area contributed by atoms with Gasteiger partial charge in [-0.25, -0.2) is 0 Å². The molecule has 98 valence electrons. The summed E-state index contributed by atoms with van der Waals surface area (Å²) >= 11 is 9.65. The van der Waals surface area contributed by atoms with Crippen molar-refractivity contribution in [1.29, 1.82) is 0 Å². The third kappa shape index (κ3) is 2.89. The highest BCUT2D eigenvalue weighted by Gasteiger charge is 2.34. The molecule has 1 unspecified atom stereocenters.